The first-order valence-electron chi connectivity index (χ1n) is 18.7. The first-order chi connectivity index (χ1) is 27.3. The highest BCUT2D eigenvalue weighted by atomic mass is 14.9. The summed E-state index contributed by atoms with van der Waals surface area (Å²) in [6.45, 7) is 0. The molecule has 55 heavy (non-hydrogen) atoms. The highest BCUT2D eigenvalue weighted by molar-refractivity contribution is 5.95. The summed E-state index contributed by atoms with van der Waals surface area (Å²) in [6, 6.07) is 71.3. The lowest BCUT2D eigenvalue weighted by Gasteiger charge is -2.33. The molecule has 0 radical (unpaired) electrons. The number of aromatic nitrogens is 3. The smallest absolute Gasteiger partial charge is 0.160 e. The third kappa shape index (κ3) is 5.57. The summed E-state index contributed by atoms with van der Waals surface area (Å²) >= 11 is 0. The molecule has 258 valence electrons. The van der Waals surface area contributed by atoms with Crippen molar-refractivity contribution in [3.63, 3.8) is 0 Å². The van der Waals surface area contributed by atoms with Gasteiger partial charge < -0.3 is 0 Å². The van der Waals surface area contributed by atoms with Gasteiger partial charge in [0, 0.05) is 29.1 Å². The van der Waals surface area contributed by atoms with Crippen LogP contribution in [0.25, 0.3) is 67.3 Å². The lowest BCUT2D eigenvalue weighted by molar-refractivity contribution is 0.768. The molecule has 0 aliphatic heterocycles. The van der Waals surface area contributed by atoms with Gasteiger partial charge in [-0.25, -0.2) is 9.97 Å². The zero-order valence-electron chi connectivity index (χ0n) is 30.0. The van der Waals surface area contributed by atoms with Crippen LogP contribution in [0.2, 0.25) is 0 Å². The maximum absolute atomic E-state index is 5.39. The van der Waals surface area contributed by atoms with Crippen LogP contribution in [0, 0.1) is 0 Å². The predicted octanol–water partition coefficient (Wildman–Crippen LogP) is 12.6. The standard InChI is InChI=1S/C52H35N3/c1-4-14-36(15-5-1)37-27-31-40(32-28-37)51-54-48(39-29-25-38(26-30-39)41-16-13-33-53-35-41)34-49(55-51)45-22-12-24-47-50(45)44-21-10-11-23-46(44)52(47,42-17-6-2-7-18-42)43-19-8-3-9-20-43/h1-35H. The van der Waals surface area contributed by atoms with Gasteiger partial charge in [-0.2, -0.15) is 0 Å². The van der Waals surface area contributed by atoms with E-state index in [1.54, 1.807) is 6.20 Å². The molecule has 0 unspecified atom stereocenters. The first-order valence-corrected chi connectivity index (χ1v) is 18.7. The van der Waals surface area contributed by atoms with Crippen molar-refractivity contribution in [2.75, 3.05) is 0 Å². The van der Waals surface area contributed by atoms with E-state index in [1.165, 1.54) is 38.9 Å². The maximum atomic E-state index is 5.39. The second-order valence-corrected chi connectivity index (χ2v) is 14.0. The van der Waals surface area contributed by atoms with E-state index in [0.29, 0.717) is 5.82 Å². The molecule has 2 aromatic heterocycles. The van der Waals surface area contributed by atoms with Crippen molar-refractivity contribution in [1.82, 2.24) is 15.0 Å². The molecule has 1 aliphatic carbocycles. The lowest BCUT2D eigenvalue weighted by atomic mass is 9.67. The van der Waals surface area contributed by atoms with Crippen LogP contribution >= 0.6 is 0 Å². The van der Waals surface area contributed by atoms with E-state index in [2.05, 4.69) is 193 Å². The fraction of sp³-hybridized carbons (Fsp3) is 0.0192. The van der Waals surface area contributed by atoms with Gasteiger partial charge in [-0.05, 0) is 67.8 Å². The van der Waals surface area contributed by atoms with Gasteiger partial charge in [0.1, 0.15) is 0 Å². The Morgan fingerprint density at radius 2 is 0.855 bits per heavy atom. The van der Waals surface area contributed by atoms with Crippen LogP contribution in [0.15, 0.2) is 213 Å². The van der Waals surface area contributed by atoms with Gasteiger partial charge in [0.05, 0.1) is 16.8 Å². The molecule has 3 heteroatoms. The molecular weight excluding hydrogens is 667 g/mol. The quantitative estimate of drug-likeness (QED) is 0.166. The Hall–Kier alpha value is -7.23. The largest absolute Gasteiger partial charge is 0.264 e. The molecular formula is C52H35N3. The van der Waals surface area contributed by atoms with Gasteiger partial charge in [0.25, 0.3) is 0 Å². The molecule has 0 amide bonds. The van der Waals surface area contributed by atoms with Crippen LogP contribution in [0.1, 0.15) is 22.3 Å². The Kier molecular flexibility index (Phi) is 8.04. The molecule has 0 atom stereocenters. The van der Waals surface area contributed by atoms with Crippen molar-refractivity contribution in [1.29, 1.82) is 0 Å². The van der Waals surface area contributed by atoms with E-state index in [4.69, 9.17) is 9.97 Å². The van der Waals surface area contributed by atoms with E-state index in [9.17, 15) is 0 Å². The highest BCUT2D eigenvalue weighted by Crippen LogP contribution is 2.58. The third-order valence-corrected chi connectivity index (χ3v) is 10.9. The number of fused-ring (bicyclic) bond motifs is 3. The summed E-state index contributed by atoms with van der Waals surface area (Å²) in [5.41, 5.74) is 16.2. The molecule has 0 spiro atoms. The van der Waals surface area contributed by atoms with Gasteiger partial charge in [0.2, 0.25) is 0 Å². The van der Waals surface area contributed by atoms with Crippen LogP contribution in [-0.4, -0.2) is 15.0 Å². The normalized spacial score (nSPS) is 12.5. The second-order valence-electron chi connectivity index (χ2n) is 14.0. The van der Waals surface area contributed by atoms with Crippen molar-refractivity contribution in [2.45, 2.75) is 5.41 Å². The van der Waals surface area contributed by atoms with E-state index in [-0.39, 0.29) is 0 Å². The van der Waals surface area contributed by atoms with E-state index in [0.717, 1.165) is 44.8 Å². The van der Waals surface area contributed by atoms with Crippen LogP contribution in [0.4, 0.5) is 0 Å². The molecule has 0 fully saturated rings. The Bertz CT molecular complexity index is 2620. The molecule has 1 aliphatic rings. The van der Waals surface area contributed by atoms with Crippen LogP contribution in [-0.2, 0) is 5.41 Å². The van der Waals surface area contributed by atoms with Gasteiger partial charge in [-0.15, -0.1) is 0 Å². The topological polar surface area (TPSA) is 38.7 Å². The number of hydrogen-bond donors (Lipinski definition) is 0. The molecule has 9 aromatic rings. The Labute approximate surface area is 321 Å². The SMILES string of the molecule is c1ccc(-c2ccc(-c3nc(-c4ccc(-c5cccnc5)cc4)cc(-c4cccc5c4-c4ccccc4C5(c4ccccc4)c4ccccc4)n3)cc2)cc1. The van der Waals surface area contributed by atoms with Crippen LogP contribution in [0.5, 0.6) is 0 Å². The van der Waals surface area contributed by atoms with Crippen LogP contribution < -0.4 is 0 Å². The fourth-order valence-electron chi connectivity index (χ4n) is 8.38. The van der Waals surface area contributed by atoms with Gasteiger partial charge in [-0.3, -0.25) is 4.98 Å². The zero-order valence-corrected chi connectivity index (χ0v) is 30.0. The first kappa shape index (κ1) is 32.4. The summed E-state index contributed by atoms with van der Waals surface area (Å²) in [6.07, 6.45) is 3.70. The average Bonchev–Trinajstić information content (AvgIpc) is 3.59. The van der Waals surface area contributed by atoms with Crippen molar-refractivity contribution in [2.24, 2.45) is 0 Å². The Morgan fingerprint density at radius 3 is 1.53 bits per heavy atom. The summed E-state index contributed by atoms with van der Waals surface area (Å²) in [5, 5.41) is 0. The average molecular weight is 702 g/mol. The lowest BCUT2D eigenvalue weighted by Crippen LogP contribution is -2.28. The van der Waals surface area contributed by atoms with Gasteiger partial charge in [-0.1, -0.05) is 188 Å². The highest BCUT2D eigenvalue weighted by Gasteiger charge is 2.46. The van der Waals surface area contributed by atoms with E-state index in [1.807, 2.05) is 18.3 Å². The molecule has 3 nitrogen and oxygen atoms in total. The molecule has 0 saturated heterocycles. The fourth-order valence-corrected chi connectivity index (χ4v) is 8.38. The number of hydrogen-bond acceptors (Lipinski definition) is 3. The number of nitrogens with zero attached hydrogens (tertiary/aromatic N) is 3. The molecule has 10 rings (SSSR count). The summed E-state index contributed by atoms with van der Waals surface area (Å²) < 4.78 is 0. The Morgan fingerprint density at radius 1 is 0.345 bits per heavy atom. The third-order valence-electron chi connectivity index (χ3n) is 10.9. The molecule has 2 heterocycles. The number of rotatable bonds is 7. The minimum atomic E-state index is -0.501. The second kappa shape index (κ2) is 13.6. The summed E-state index contributed by atoms with van der Waals surface area (Å²) in [4.78, 5) is 15.0. The van der Waals surface area contributed by atoms with E-state index >= 15 is 0 Å². The van der Waals surface area contributed by atoms with Crippen molar-refractivity contribution in [3.8, 4) is 67.3 Å². The van der Waals surface area contributed by atoms with Crippen LogP contribution in [0.3, 0.4) is 0 Å². The minimum Gasteiger partial charge on any atom is -0.264 e. The number of pyridine rings is 1. The zero-order chi connectivity index (χ0) is 36.6. The monoisotopic (exact) mass is 701 g/mol. The summed E-state index contributed by atoms with van der Waals surface area (Å²) in [7, 11) is 0. The van der Waals surface area contributed by atoms with Crippen molar-refractivity contribution in [3.05, 3.63) is 235 Å². The molecule has 7 aromatic carbocycles. The molecule has 0 bridgehead atoms. The Balaban J connectivity index is 1.19. The predicted molar refractivity (Wildman–Crippen MR) is 224 cm³/mol. The minimum absolute atomic E-state index is 0.501. The van der Waals surface area contributed by atoms with Gasteiger partial charge >= 0.3 is 0 Å². The van der Waals surface area contributed by atoms with Crippen molar-refractivity contribution < 1.29 is 0 Å². The maximum Gasteiger partial charge on any atom is 0.160 e. The molecule has 0 saturated carbocycles. The van der Waals surface area contributed by atoms with Gasteiger partial charge in [0.15, 0.2) is 5.82 Å². The van der Waals surface area contributed by atoms with E-state index < -0.39 is 5.41 Å². The number of benzene rings is 7. The summed E-state index contributed by atoms with van der Waals surface area (Å²) in [5.74, 6) is 0.685. The van der Waals surface area contributed by atoms with Crippen molar-refractivity contribution >= 4 is 0 Å². The molecule has 0 N–H and O–H groups in total.